The highest BCUT2D eigenvalue weighted by Gasteiger charge is 2.39. The summed E-state index contributed by atoms with van der Waals surface area (Å²) >= 11 is 0. The van der Waals surface area contributed by atoms with E-state index in [1.54, 1.807) is 0 Å². The fourth-order valence-electron chi connectivity index (χ4n) is 4.83. The van der Waals surface area contributed by atoms with Gasteiger partial charge in [-0.2, -0.15) is 4.68 Å². The number of hydrogen-bond acceptors (Lipinski definition) is 6. The SMILES string of the molecule is COc1c(N2CCC(CC3CC3N)C2)c(F)cn2c(=O)n(N)c(=O)c(C3CC3)c12. The molecular formula is C20H26FN5O3. The van der Waals surface area contributed by atoms with Crippen LogP contribution in [0.25, 0.3) is 5.52 Å². The van der Waals surface area contributed by atoms with Gasteiger partial charge in [-0.3, -0.25) is 9.20 Å². The van der Waals surface area contributed by atoms with Crippen LogP contribution in [0.5, 0.6) is 5.75 Å². The van der Waals surface area contributed by atoms with Crippen LogP contribution in [-0.4, -0.2) is 35.3 Å². The standard InChI is InChI=1S/C20H26FN5O3/c1-29-18-16(24-5-4-10(8-24)6-12-7-14(12)22)13(21)9-25-17(18)15(11-2-3-11)19(27)26(23)20(25)28/h9-12,14H,2-8,22-23H2,1H3. The molecule has 2 aromatic heterocycles. The summed E-state index contributed by atoms with van der Waals surface area (Å²) in [5.74, 6) is 6.42. The number of methoxy groups -OCH3 is 1. The van der Waals surface area contributed by atoms with Crippen molar-refractivity contribution in [3.8, 4) is 5.75 Å². The van der Waals surface area contributed by atoms with Gasteiger partial charge in [0.25, 0.3) is 5.56 Å². The molecule has 0 radical (unpaired) electrons. The first kappa shape index (κ1) is 18.5. The number of aromatic nitrogens is 2. The third-order valence-electron chi connectivity index (χ3n) is 6.66. The van der Waals surface area contributed by atoms with Crippen LogP contribution in [0.1, 0.15) is 43.6 Å². The van der Waals surface area contributed by atoms with Crippen LogP contribution in [0.4, 0.5) is 10.1 Å². The molecule has 3 atom stereocenters. The second-order valence-electron chi connectivity index (χ2n) is 8.72. The Morgan fingerprint density at radius 1 is 1.28 bits per heavy atom. The van der Waals surface area contributed by atoms with Crippen LogP contribution < -0.4 is 32.5 Å². The summed E-state index contributed by atoms with van der Waals surface area (Å²) in [7, 11) is 1.45. The van der Waals surface area contributed by atoms with Crippen molar-refractivity contribution in [2.45, 2.75) is 44.1 Å². The summed E-state index contributed by atoms with van der Waals surface area (Å²) in [6.07, 6.45) is 5.90. The number of halogens is 1. The highest BCUT2D eigenvalue weighted by atomic mass is 19.1. The van der Waals surface area contributed by atoms with Gasteiger partial charge in [0.2, 0.25) is 0 Å². The molecule has 0 amide bonds. The Kier molecular flexibility index (Phi) is 4.13. The van der Waals surface area contributed by atoms with Crippen molar-refractivity contribution in [1.29, 1.82) is 0 Å². The Balaban J connectivity index is 1.64. The summed E-state index contributed by atoms with van der Waals surface area (Å²) in [6, 6.07) is 0.308. The Hall–Kier alpha value is -2.55. The topological polar surface area (TPSA) is 108 Å². The first-order valence-corrected chi connectivity index (χ1v) is 10.2. The van der Waals surface area contributed by atoms with Crippen molar-refractivity contribution < 1.29 is 9.13 Å². The number of pyridine rings is 1. The van der Waals surface area contributed by atoms with E-state index in [0.29, 0.717) is 52.4 Å². The van der Waals surface area contributed by atoms with E-state index in [1.807, 2.05) is 4.90 Å². The second kappa shape index (κ2) is 6.48. The summed E-state index contributed by atoms with van der Waals surface area (Å²) in [6.45, 7) is 1.41. The van der Waals surface area contributed by atoms with Crippen molar-refractivity contribution >= 4 is 11.2 Å². The minimum Gasteiger partial charge on any atom is -0.492 e. The Labute approximate surface area is 166 Å². The third kappa shape index (κ3) is 2.90. The molecule has 3 aliphatic rings. The Morgan fingerprint density at radius 2 is 2.00 bits per heavy atom. The first-order chi connectivity index (χ1) is 13.9. The molecule has 29 heavy (non-hydrogen) atoms. The van der Waals surface area contributed by atoms with Crippen LogP contribution in [0.2, 0.25) is 0 Å². The van der Waals surface area contributed by atoms with Gasteiger partial charge < -0.3 is 21.2 Å². The fraction of sp³-hybridized carbons (Fsp3) is 0.600. The zero-order valence-electron chi connectivity index (χ0n) is 16.4. The van der Waals surface area contributed by atoms with Crippen LogP contribution in [0.3, 0.4) is 0 Å². The smallest absolute Gasteiger partial charge is 0.354 e. The molecule has 3 fully saturated rings. The first-order valence-electron chi connectivity index (χ1n) is 10.2. The van der Waals surface area contributed by atoms with Gasteiger partial charge in [-0.25, -0.2) is 9.18 Å². The summed E-state index contributed by atoms with van der Waals surface area (Å²) < 4.78 is 22.5. The molecule has 8 nitrogen and oxygen atoms in total. The summed E-state index contributed by atoms with van der Waals surface area (Å²) in [4.78, 5) is 27.3. The second-order valence-corrected chi connectivity index (χ2v) is 8.72. The summed E-state index contributed by atoms with van der Waals surface area (Å²) in [5.41, 5.74) is 5.74. The molecule has 0 bridgehead atoms. The molecule has 0 aromatic carbocycles. The van der Waals surface area contributed by atoms with Gasteiger partial charge in [-0.05, 0) is 49.9 Å². The van der Waals surface area contributed by atoms with Gasteiger partial charge in [-0.1, -0.05) is 0 Å². The zero-order chi connectivity index (χ0) is 20.4. The highest BCUT2D eigenvalue weighted by molar-refractivity contribution is 5.78. The molecule has 5 rings (SSSR count). The number of nitrogens with zero attached hydrogens (tertiary/aromatic N) is 3. The number of rotatable bonds is 5. The molecule has 2 saturated carbocycles. The van der Waals surface area contributed by atoms with E-state index in [2.05, 4.69) is 0 Å². The molecule has 1 saturated heterocycles. The fourth-order valence-corrected chi connectivity index (χ4v) is 4.83. The minimum atomic E-state index is -0.778. The van der Waals surface area contributed by atoms with Gasteiger partial charge in [0.05, 0.1) is 18.9 Å². The summed E-state index contributed by atoms with van der Waals surface area (Å²) in [5, 5.41) is 0. The number of nitrogens with two attached hydrogens (primary N) is 2. The molecule has 2 aromatic rings. The predicted molar refractivity (Wildman–Crippen MR) is 108 cm³/mol. The van der Waals surface area contributed by atoms with E-state index >= 15 is 4.39 Å². The lowest BCUT2D eigenvalue weighted by atomic mass is 10.0. The third-order valence-corrected chi connectivity index (χ3v) is 6.66. The maximum Gasteiger partial charge on any atom is 0.354 e. The van der Waals surface area contributed by atoms with Crippen LogP contribution in [0, 0.1) is 17.7 Å². The lowest BCUT2D eigenvalue weighted by Crippen LogP contribution is -2.44. The molecule has 3 unspecified atom stereocenters. The highest BCUT2D eigenvalue weighted by Crippen LogP contribution is 2.46. The molecule has 4 N–H and O–H groups in total. The minimum absolute atomic E-state index is 0.0165. The number of hydrogen-bond donors (Lipinski definition) is 2. The van der Waals surface area contributed by atoms with Crippen molar-refractivity contribution in [2.24, 2.45) is 17.6 Å². The van der Waals surface area contributed by atoms with E-state index in [4.69, 9.17) is 16.3 Å². The van der Waals surface area contributed by atoms with E-state index in [-0.39, 0.29) is 11.7 Å². The van der Waals surface area contributed by atoms with Gasteiger partial charge in [0.15, 0.2) is 11.6 Å². The Bertz CT molecular complexity index is 1110. The Morgan fingerprint density at radius 3 is 2.62 bits per heavy atom. The number of fused-ring (bicyclic) bond motifs is 1. The van der Waals surface area contributed by atoms with E-state index in [9.17, 15) is 9.59 Å². The molecule has 1 aliphatic heterocycles. The maximum atomic E-state index is 15.2. The van der Waals surface area contributed by atoms with Crippen molar-refractivity contribution in [3.63, 3.8) is 0 Å². The van der Waals surface area contributed by atoms with E-state index in [0.717, 1.165) is 42.7 Å². The average molecular weight is 403 g/mol. The number of nitrogen functional groups attached to an aromatic ring is 1. The van der Waals surface area contributed by atoms with Crippen molar-refractivity contribution in [1.82, 2.24) is 9.08 Å². The molecule has 156 valence electrons. The van der Waals surface area contributed by atoms with Crippen molar-refractivity contribution in [2.75, 3.05) is 30.9 Å². The lowest BCUT2D eigenvalue weighted by molar-refractivity contribution is 0.412. The number of anilines is 1. The normalized spacial score (nSPS) is 26.3. The molecule has 2 aliphatic carbocycles. The van der Waals surface area contributed by atoms with E-state index < -0.39 is 17.1 Å². The molecular weight excluding hydrogens is 377 g/mol. The van der Waals surface area contributed by atoms with Crippen LogP contribution in [0.15, 0.2) is 15.8 Å². The van der Waals surface area contributed by atoms with Gasteiger partial charge in [0.1, 0.15) is 11.2 Å². The average Bonchev–Trinajstić information content (AvgIpc) is 3.60. The lowest BCUT2D eigenvalue weighted by Gasteiger charge is -2.24. The van der Waals surface area contributed by atoms with Gasteiger partial charge in [0, 0.05) is 19.1 Å². The van der Waals surface area contributed by atoms with Crippen LogP contribution >= 0.6 is 0 Å². The quantitative estimate of drug-likeness (QED) is 0.714. The van der Waals surface area contributed by atoms with Gasteiger partial charge in [-0.15, -0.1) is 0 Å². The maximum absolute atomic E-state index is 15.2. The van der Waals surface area contributed by atoms with Gasteiger partial charge >= 0.3 is 5.69 Å². The molecule has 3 heterocycles. The van der Waals surface area contributed by atoms with Crippen LogP contribution in [-0.2, 0) is 0 Å². The predicted octanol–water partition coefficient (Wildman–Crippen LogP) is 0.764. The zero-order valence-corrected chi connectivity index (χ0v) is 16.4. The molecule has 9 heteroatoms. The van der Waals surface area contributed by atoms with Crippen molar-refractivity contribution in [3.05, 3.63) is 38.4 Å². The molecule has 0 spiro atoms. The monoisotopic (exact) mass is 403 g/mol. The number of ether oxygens (including phenoxy) is 1. The van der Waals surface area contributed by atoms with E-state index in [1.165, 1.54) is 7.11 Å². The largest absolute Gasteiger partial charge is 0.492 e.